The van der Waals surface area contributed by atoms with Crippen molar-refractivity contribution < 1.29 is 9.25 Å². The first-order chi connectivity index (χ1) is 11.8. The van der Waals surface area contributed by atoms with Gasteiger partial charge < -0.3 is 9.25 Å². The van der Waals surface area contributed by atoms with Gasteiger partial charge in [-0.15, -0.1) is 11.3 Å². The van der Waals surface area contributed by atoms with Crippen molar-refractivity contribution in [1.82, 2.24) is 15.0 Å². The minimum Gasteiger partial charge on any atom is -0.440 e. The predicted octanol–water partition coefficient (Wildman–Crippen LogP) is 3.86. The lowest BCUT2D eigenvalue weighted by atomic mass is 10.0. The Morgan fingerprint density at radius 3 is 3.00 bits per heavy atom. The van der Waals surface area contributed by atoms with E-state index < -0.39 is 0 Å². The highest BCUT2D eigenvalue weighted by Gasteiger charge is 2.25. The van der Waals surface area contributed by atoms with Gasteiger partial charge in [0.25, 0.3) is 0 Å². The summed E-state index contributed by atoms with van der Waals surface area (Å²) in [6.45, 7) is 1.97. The lowest BCUT2D eigenvalue weighted by molar-refractivity contribution is 0.212. The Morgan fingerprint density at radius 1 is 1.29 bits per heavy atom. The Bertz CT molecular complexity index is 899. The molecule has 7 heteroatoms. The summed E-state index contributed by atoms with van der Waals surface area (Å²) < 4.78 is 6.01. The van der Waals surface area contributed by atoms with Crippen LogP contribution in [0.4, 0.5) is 0 Å². The fourth-order valence-corrected chi connectivity index (χ4v) is 3.77. The number of hydrogen-bond acceptors (Lipinski definition) is 7. The highest BCUT2D eigenvalue weighted by atomic mass is 32.1. The van der Waals surface area contributed by atoms with E-state index >= 15 is 0 Å². The molecule has 0 saturated heterocycles. The summed E-state index contributed by atoms with van der Waals surface area (Å²) in [6.07, 6.45) is 6.29. The number of hydrogen-bond donors (Lipinski definition) is 0. The molecule has 3 aromatic rings. The van der Waals surface area contributed by atoms with E-state index in [1.807, 2.05) is 25.3 Å². The summed E-state index contributed by atoms with van der Waals surface area (Å²) in [5.74, 6) is 1.48. The Kier molecular flexibility index (Phi) is 3.86. The SMILES string of the molecule is CO/N=C1\CCCc2oc(-c3sc(-c4cccnc4)nc3C)nc21. The molecule has 0 bridgehead atoms. The summed E-state index contributed by atoms with van der Waals surface area (Å²) in [5.41, 5.74) is 3.56. The Hall–Kier alpha value is -2.54. The van der Waals surface area contributed by atoms with Gasteiger partial charge in [-0.1, -0.05) is 5.16 Å². The van der Waals surface area contributed by atoms with Gasteiger partial charge in [0.2, 0.25) is 5.89 Å². The van der Waals surface area contributed by atoms with Crippen LogP contribution in [0.5, 0.6) is 0 Å². The summed E-state index contributed by atoms with van der Waals surface area (Å²) in [5, 5.41) is 5.00. The van der Waals surface area contributed by atoms with Crippen molar-refractivity contribution in [1.29, 1.82) is 0 Å². The molecule has 0 unspecified atom stereocenters. The quantitative estimate of drug-likeness (QED) is 0.677. The monoisotopic (exact) mass is 340 g/mol. The third-order valence-corrected chi connectivity index (χ3v) is 5.08. The van der Waals surface area contributed by atoms with Crippen LogP contribution < -0.4 is 0 Å². The Balaban J connectivity index is 1.75. The molecule has 0 aromatic carbocycles. The molecule has 0 aliphatic heterocycles. The lowest BCUT2D eigenvalue weighted by Crippen LogP contribution is -2.11. The molecule has 4 rings (SSSR count). The molecule has 0 spiro atoms. The van der Waals surface area contributed by atoms with E-state index in [0.717, 1.165) is 57.6 Å². The van der Waals surface area contributed by atoms with Crippen molar-refractivity contribution >= 4 is 17.0 Å². The first-order valence-electron chi connectivity index (χ1n) is 7.74. The zero-order valence-corrected chi connectivity index (χ0v) is 14.3. The van der Waals surface area contributed by atoms with Crippen LogP contribution >= 0.6 is 11.3 Å². The van der Waals surface area contributed by atoms with Gasteiger partial charge in [-0.25, -0.2) is 9.97 Å². The summed E-state index contributed by atoms with van der Waals surface area (Å²) >= 11 is 1.57. The largest absolute Gasteiger partial charge is 0.440 e. The van der Waals surface area contributed by atoms with Crippen LogP contribution in [-0.4, -0.2) is 27.8 Å². The minimum atomic E-state index is 0.607. The van der Waals surface area contributed by atoms with Crippen molar-refractivity contribution in [3.63, 3.8) is 0 Å². The van der Waals surface area contributed by atoms with E-state index in [1.54, 1.807) is 24.6 Å². The predicted molar refractivity (Wildman–Crippen MR) is 92.1 cm³/mol. The number of pyridine rings is 1. The van der Waals surface area contributed by atoms with E-state index in [0.29, 0.717) is 5.89 Å². The molecule has 0 atom stereocenters. The first-order valence-corrected chi connectivity index (χ1v) is 8.56. The van der Waals surface area contributed by atoms with Crippen molar-refractivity contribution in [2.24, 2.45) is 5.16 Å². The van der Waals surface area contributed by atoms with Gasteiger partial charge >= 0.3 is 0 Å². The van der Waals surface area contributed by atoms with E-state index in [9.17, 15) is 0 Å². The molecule has 6 nitrogen and oxygen atoms in total. The fraction of sp³-hybridized carbons (Fsp3) is 0.294. The van der Waals surface area contributed by atoms with Crippen LogP contribution in [0.15, 0.2) is 34.1 Å². The zero-order chi connectivity index (χ0) is 16.5. The molecule has 0 radical (unpaired) electrons. The van der Waals surface area contributed by atoms with Crippen LogP contribution in [0, 0.1) is 6.92 Å². The van der Waals surface area contributed by atoms with E-state index in [1.165, 1.54) is 0 Å². The molecule has 1 aliphatic carbocycles. The number of aromatic nitrogens is 3. The average Bonchev–Trinajstić information content (AvgIpc) is 3.20. The number of nitrogens with zero attached hydrogens (tertiary/aromatic N) is 4. The van der Waals surface area contributed by atoms with Gasteiger partial charge in [-0.2, -0.15) is 0 Å². The van der Waals surface area contributed by atoms with Gasteiger partial charge in [-0.3, -0.25) is 4.98 Å². The van der Waals surface area contributed by atoms with Crippen LogP contribution in [-0.2, 0) is 11.3 Å². The maximum Gasteiger partial charge on any atom is 0.239 e. The Labute approximate surface area is 143 Å². The van der Waals surface area contributed by atoms with Gasteiger partial charge in [0.15, 0.2) is 0 Å². The summed E-state index contributed by atoms with van der Waals surface area (Å²) in [6, 6.07) is 3.90. The molecular weight excluding hydrogens is 324 g/mol. The smallest absolute Gasteiger partial charge is 0.239 e. The molecule has 24 heavy (non-hydrogen) atoms. The van der Waals surface area contributed by atoms with Crippen LogP contribution in [0.2, 0.25) is 0 Å². The third-order valence-electron chi connectivity index (χ3n) is 3.89. The van der Waals surface area contributed by atoms with E-state index in [-0.39, 0.29) is 0 Å². The Morgan fingerprint density at radius 2 is 2.21 bits per heavy atom. The molecule has 122 valence electrons. The van der Waals surface area contributed by atoms with E-state index in [4.69, 9.17) is 9.25 Å². The molecule has 0 amide bonds. The number of oxazole rings is 1. The van der Waals surface area contributed by atoms with Crippen molar-refractivity contribution in [2.75, 3.05) is 7.11 Å². The van der Waals surface area contributed by atoms with Crippen LogP contribution in [0.25, 0.3) is 21.3 Å². The van der Waals surface area contributed by atoms with Crippen LogP contribution in [0.1, 0.15) is 30.0 Å². The minimum absolute atomic E-state index is 0.607. The van der Waals surface area contributed by atoms with Gasteiger partial charge in [0.1, 0.15) is 34.2 Å². The van der Waals surface area contributed by atoms with E-state index in [2.05, 4.69) is 20.1 Å². The standard InChI is InChI=1S/C17H16N4O2S/c1-10-15(24-17(19-10)11-5-4-8-18-9-11)16-20-14-12(21-22-2)6-3-7-13(14)23-16/h4-5,8-9H,3,6-7H2,1-2H3/b21-12+. The molecular formula is C17H16N4O2S. The number of oxime groups is 1. The number of fused-ring (bicyclic) bond motifs is 1. The number of rotatable bonds is 3. The summed E-state index contributed by atoms with van der Waals surface area (Å²) in [4.78, 5) is 19.3. The maximum atomic E-state index is 6.01. The lowest BCUT2D eigenvalue weighted by Gasteiger charge is -2.09. The highest BCUT2D eigenvalue weighted by molar-refractivity contribution is 7.18. The molecule has 3 heterocycles. The second-order valence-corrected chi connectivity index (χ2v) is 6.54. The number of thiazole rings is 1. The fourth-order valence-electron chi connectivity index (χ4n) is 2.79. The normalized spacial score (nSPS) is 15.5. The third kappa shape index (κ3) is 2.60. The van der Waals surface area contributed by atoms with Crippen molar-refractivity contribution in [2.45, 2.75) is 26.2 Å². The van der Waals surface area contributed by atoms with Gasteiger partial charge in [0, 0.05) is 24.4 Å². The van der Waals surface area contributed by atoms with Gasteiger partial charge in [-0.05, 0) is 31.9 Å². The average molecular weight is 340 g/mol. The molecule has 0 fully saturated rings. The first kappa shape index (κ1) is 15.0. The van der Waals surface area contributed by atoms with Crippen molar-refractivity contribution in [3.05, 3.63) is 41.7 Å². The number of aryl methyl sites for hydroxylation is 2. The molecule has 3 aromatic heterocycles. The van der Waals surface area contributed by atoms with Crippen LogP contribution in [0.3, 0.4) is 0 Å². The molecule has 0 N–H and O–H groups in total. The molecule has 0 saturated carbocycles. The molecule has 1 aliphatic rings. The van der Waals surface area contributed by atoms with Crippen molar-refractivity contribution in [3.8, 4) is 21.3 Å². The second-order valence-electron chi connectivity index (χ2n) is 5.54. The zero-order valence-electron chi connectivity index (χ0n) is 13.4. The highest BCUT2D eigenvalue weighted by Crippen LogP contribution is 2.36. The topological polar surface area (TPSA) is 73.4 Å². The second kappa shape index (κ2) is 6.16. The maximum absolute atomic E-state index is 6.01. The summed E-state index contributed by atoms with van der Waals surface area (Å²) in [7, 11) is 1.55. The van der Waals surface area contributed by atoms with Gasteiger partial charge in [0.05, 0.1) is 5.69 Å².